The van der Waals surface area contributed by atoms with Crippen molar-refractivity contribution in [2.24, 2.45) is 0 Å². The summed E-state index contributed by atoms with van der Waals surface area (Å²) in [4.78, 5) is 33.6. The van der Waals surface area contributed by atoms with Crippen LogP contribution in [0.1, 0.15) is 17.1 Å². The van der Waals surface area contributed by atoms with Gasteiger partial charge in [0.05, 0.1) is 43.4 Å². The molecule has 0 aliphatic rings. The maximum absolute atomic E-state index is 13.7. The fourth-order valence-electron chi connectivity index (χ4n) is 3.80. The molecule has 0 radical (unpaired) electrons. The molecule has 0 atom stereocenters. The SMILES string of the molecule is COc1ccc(Cn2c(COc3ccc(F)c(Cl)c3)nc3c(CNCC(=O)O)nccc3c2=O)c(OC)c1. The van der Waals surface area contributed by atoms with Crippen LogP contribution in [0.2, 0.25) is 5.02 Å². The number of benzene rings is 2. The summed E-state index contributed by atoms with van der Waals surface area (Å²) in [6, 6.07) is 10.7. The zero-order valence-corrected chi connectivity index (χ0v) is 21.3. The molecule has 2 aromatic carbocycles. The van der Waals surface area contributed by atoms with Crippen molar-refractivity contribution in [2.75, 3.05) is 20.8 Å². The fourth-order valence-corrected chi connectivity index (χ4v) is 3.97. The summed E-state index contributed by atoms with van der Waals surface area (Å²) >= 11 is 5.88. The number of aromatic nitrogens is 3. The standard InChI is InChI=1S/C26H24ClFN4O6/c1-36-16-4-3-15(22(10-16)37-2)13-32-23(14-38-17-5-6-20(28)19(27)9-17)31-25-18(26(32)35)7-8-30-21(25)11-29-12-24(33)34/h3-10,29H,11-14H2,1-2H3,(H,33,34). The molecular formula is C26H24ClFN4O6. The average molecular weight is 543 g/mol. The number of carboxylic acid groups (broad SMARTS) is 1. The largest absolute Gasteiger partial charge is 0.497 e. The highest BCUT2D eigenvalue weighted by molar-refractivity contribution is 6.30. The summed E-state index contributed by atoms with van der Waals surface area (Å²) in [7, 11) is 3.06. The van der Waals surface area contributed by atoms with Crippen molar-refractivity contribution in [3.05, 3.63) is 86.9 Å². The Labute approximate surface area is 221 Å². The number of hydrogen-bond donors (Lipinski definition) is 2. The molecule has 0 aliphatic carbocycles. The predicted molar refractivity (Wildman–Crippen MR) is 138 cm³/mol. The molecule has 0 aliphatic heterocycles. The minimum atomic E-state index is -1.03. The number of carbonyl (C=O) groups is 1. The third kappa shape index (κ3) is 6.01. The smallest absolute Gasteiger partial charge is 0.317 e. The summed E-state index contributed by atoms with van der Waals surface area (Å²) in [5.41, 5.74) is 1.05. The van der Waals surface area contributed by atoms with Crippen LogP contribution >= 0.6 is 11.6 Å². The van der Waals surface area contributed by atoms with Gasteiger partial charge in [0, 0.05) is 30.4 Å². The van der Waals surface area contributed by atoms with E-state index in [1.165, 1.54) is 36.1 Å². The molecule has 0 saturated heterocycles. The number of nitrogens with zero attached hydrogens (tertiary/aromatic N) is 3. The summed E-state index contributed by atoms with van der Waals surface area (Å²) in [6.07, 6.45) is 1.47. The Morgan fingerprint density at radius 2 is 1.92 bits per heavy atom. The van der Waals surface area contributed by atoms with Crippen molar-refractivity contribution in [2.45, 2.75) is 19.7 Å². The third-order valence-electron chi connectivity index (χ3n) is 5.68. The topological polar surface area (TPSA) is 125 Å². The van der Waals surface area contributed by atoms with Gasteiger partial charge in [0.2, 0.25) is 0 Å². The van der Waals surface area contributed by atoms with Gasteiger partial charge in [-0.05, 0) is 30.3 Å². The first-order valence-corrected chi connectivity index (χ1v) is 11.8. The van der Waals surface area contributed by atoms with Gasteiger partial charge in [0.15, 0.2) is 5.82 Å². The van der Waals surface area contributed by atoms with Crippen molar-refractivity contribution < 1.29 is 28.5 Å². The maximum atomic E-state index is 13.7. The number of nitrogens with one attached hydrogen (secondary N) is 1. The van der Waals surface area contributed by atoms with E-state index in [4.69, 9.17) is 30.9 Å². The second-order valence-corrected chi connectivity index (χ2v) is 8.52. The van der Waals surface area contributed by atoms with Gasteiger partial charge >= 0.3 is 5.97 Å². The van der Waals surface area contributed by atoms with E-state index in [2.05, 4.69) is 15.3 Å². The number of rotatable bonds is 11. The van der Waals surface area contributed by atoms with Crippen LogP contribution in [0, 0.1) is 5.82 Å². The second kappa shape index (κ2) is 11.9. The fraction of sp³-hybridized carbons (Fsp3) is 0.231. The molecule has 12 heteroatoms. The van der Waals surface area contributed by atoms with E-state index in [1.807, 2.05) is 0 Å². The van der Waals surface area contributed by atoms with E-state index in [1.54, 1.807) is 31.4 Å². The lowest BCUT2D eigenvalue weighted by molar-refractivity contribution is -0.136. The average Bonchev–Trinajstić information content (AvgIpc) is 2.91. The number of fused-ring (bicyclic) bond motifs is 1. The summed E-state index contributed by atoms with van der Waals surface area (Å²) in [5, 5.41) is 11.9. The first-order chi connectivity index (χ1) is 18.3. The normalized spacial score (nSPS) is 10.9. The number of pyridine rings is 1. The minimum absolute atomic E-state index is 0.0836. The van der Waals surface area contributed by atoms with E-state index in [-0.39, 0.29) is 48.4 Å². The summed E-state index contributed by atoms with van der Waals surface area (Å²) in [6.45, 7) is -0.247. The minimum Gasteiger partial charge on any atom is -0.497 e. The van der Waals surface area contributed by atoms with Crippen LogP contribution in [0.15, 0.2) is 53.5 Å². The van der Waals surface area contributed by atoms with Gasteiger partial charge in [-0.15, -0.1) is 0 Å². The number of carboxylic acids is 1. The van der Waals surface area contributed by atoms with Crippen molar-refractivity contribution in [3.8, 4) is 17.2 Å². The van der Waals surface area contributed by atoms with Gasteiger partial charge in [-0.25, -0.2) is 9.37 Å². The second-order valence-electron chi connectivity index (χ2n) is 8.11. The van der Waals surface area contributed by atoms with Gasteiger partial charge in [-0.3, -0.25) is 19.1 Å². The van der Waals surface area contributed by atoms with E-state index in [9.17, 15) is 14.0 Å². The zero-order valence-electron chi connectivity index (χ0n) is 20.5. The zero-order chi connectivity index (χ0) is 27.2. The third-order valence-corrected chi connectivity index (χ3v) is 5.97. The molecule has 4 aromatic rings. The number of ether oxygens (including phenoxy) is 3. The van der Waals surface area contributed by atoms with Gasteiger partial charge in [0.1, 0.15) is 35.2 Å². The van der Waals surface area contributed by atoms with Gasteiger partial charge in [0.25, 0.3) is 5.56 Å². The highest BCUT2D eigenvalue weighted by Crippen LogP contribution is 2.26. The number of aliphatic carboxylic acids is 1. The van der Waals surface area contributed by atoms with E-state index >= 15 is 0 Å². The highest BCUT2D eigenvalue weighted by Gasteiger charge is 2.17. The molecule has 0 fully saturated rings. The van der Waals surface area contributed by atoms with Crippen LogP contribution in [-0.4, -0.2) is 46.4 Å². The molecule has 0 saturated carbocycles. The molecule has 2 heterocycles. The van der Waals surface area contributed by atoms with E-state index < -0.39 is 11.8 Å². The van der Waals surface area contributed by atoms with Gasteiger partial charge < -0.3 is 24.6 Å². The van der Waals surface area contributed by atoms with Crippen molar-refractivity contribution in [1.82, 2.24) is 19.9 Å². The number of hydrogen-bond acceptors (Lipinski definition) is 8. The molecule has 4 rings (SSSR count). The Kier molecular flexibility index (Phi) is 8.39. The summed E-state index contributed by atoms with van der Waals surface area (Å²) in [5.74, 6) is 0.0388. The lowest BCUT2D eigenvalue weighted by Crippen LogP contribution is -2.28. The first-order valence-electron chi connectivity index (χ1n) is 11.4. The van der Waals surface area contributed by atoms with Gasteiger partial charge in [-0.1, -0.05) is 11.6 Å². The highest BCUT2D eigenvalue weighted by atomic mass is 35.5. The molecule has 0 bridgehead atoms. The number of methoxy groups -OCH3 is 2. The quantitative estimate of drug-likeness (QED) is 0.293. The van der Waals surface area contributed by atoms with Crippen LogP contribution in [-0.2, 0) is 24.5 Å². The maximum Gasteiger partial charge on any atom is 0.317 e. The molecule has 0 unspecified atom stereocenters. The Bertz CT molecular complexity index is 1540. The van der Waals surface area contributed by atoms with Crippen molar-refractivity contribution in [1.29, 1.82) is 0 Å². The van der Waals surface area contributed by atoms with Crippen LogP contribution < -0.4 is 25.1 Å². The lowest BCUT2D eigenvalue weighted by Gasteiger charge is -2.17. The Hall–Kier alpha value is -4.22. The first kappa shape index (κ1) is 26.8. The van der Waals surface area contributed by atoms with Crippen LogP contribution in [0.4, 0.5) is 4.39 Å². The monoisotopic (exact) mass is 542 g/mol. The predicted octanol–water partition coefficient (Wildman–Crippen LogP) is 3.40. The molecule has 2 aromatic heterocycles. The molecule has 198 valence electrons. The van der Waals surface area contributed by atoms with Crippen molar-refractivity contribution in [3.63, 3.8) is 0 Å². The van der Waals surface area contributed by atoms with Gasteiger partial charge in [-0.2, -0.15) is 0 Å². The van der Waals surface area contributed by atoms with Crippen LogP contribution in [0.5, 0.6) is 17.2 Å². The molecule has 38 heavy (non-hydrogen) atoms. The molecule has 10 nitrogen and oxygen atoms in total. The molecular weight excluding hydrogens is 519 g/mol. The van der Waals surface area contributed by atoms with Crippen molar-refractivity contribution >= 4 is 28.5 Å². The lowest BCUT2D eigenvalue weighted by atomic mass is 10.1. The van der Waals surface area contributed by atoms with Crippen LogP contribution in [0.3, 0.4) is 0 Å². The number of halogens is 2. The Morgan fingerprint density at radius 1 is 1.13 bits per heavy atom. The Balaban J connectivity index is 1.79. The van der Waals surface area contributed by atoms with Crippen LogP contribution in [0.25, 0.3) is 10.9 Å². The summed E-state index contributed by atoms with van der Waals surface area (Å²) < 4.78 is 31.6. The molecule has 0 amide bonds. The van der Waals surface area contributed by atoms with E-state index in [0.29, 0.717) is 33.7 Å². The Morgan fingerprint density at radius 3 is 2.63 bits per heavy atom. The molecule has 0 spiro atoms. The molecule has 2 N–H and O–H groups in total. The van der Waals surface area contributed by atoms with E-state index in [0.717, 1.165) is 0 Å².